The maximum atomic E-state index is 13.0. The van der Waals surface area contributed by atoms with Crippen LogP contribution >= 0.6 is 12.4 Å². The summed E-state index contributed by atoms with van der Waals surface area (Å²) in [5.41, 5.74) is 3.57. The van der Waals surface area contributed by atoms with Gasteiger partial charge >= 0.3 is 0 Å². The number of aryl methyl sites for hydroxylation is 2. The second kappa shape index (κ2) is 6.79. The van der Waals surface area contributed by atoms with Gasteiger partial charge in [0.2, 0.25) is 5.96 Å². The Balaban J connectivity index is 0.00000192. The molecule has 1 amide bonds. The van der Waals surface area contributed by atoms with Crippen molar-refractivity contribution in [2.75, 3.05) is 16.8 Å². The van der Waals surface area contributed by atoms with Crippen LogP contribution in [0, 0.1) is 19.7 Å². The van der Waals surface area contributed by atoms with E-state index in [1.165, 1.54) is 12.1 Å². The number of guanidine groups is 1. The van der Waals surface area contributed by atoms with E-state index < -0.39 is 0 Å². The van der Waals surface area contributed by atoms with Crippen molar-refractivity contribution in [2.24, 2.45) is 4.99 Å². The minimum atomic E-state index is -0.304. The number of rotatable bonds is 2. The van der Waals surface area contributed by atoms with Crippen molar-refractivity contribution in [1.29, 1.82) is 0 Å². The lowest BCUT2D eigenvalue weighted by Crippen LogP contribution is -2.37. The molecule has 1 N–H and O–H groups in total. The van der Waals surface area contributed by atoms with E-state index in [2.05, 4.69) is 10.3 Å². The number of hydrogen-bond acceptors (Lipinski definition) is 3. The number of anilines is 2. The van der Waals surface area contributed by atoms with Crippen LogP contribution in [-0.4, -0.2) is 18.4 Å². The topological polar surface area (TPSA) is 44.7 Å². The molecular formula is C17H17ClFN3O. The molecule has 0 saturated heterocycles. The molecule has 0 bridgehead atoms. The van der Waals surface area contributed by atoms with Gasteiger partial charge in [0.25, 0.3) is 5.91 Å². The Bertz CT molecular complexity index is 759. The Kier molecular flexibility index (Phi) is 5.01. The molecule has 0 aliphatic carbocycles. The van der Waals surface area contributed by atoms with Gasteiger partial charge in [0.1, 0.15) is 12.4 Å². The number of nitrogens with one attached hydrogen (secondary N) is 1. The fourth-order valence-corrected chi connectivity index (χ4v) is 2.37. The number of carbonyl (C=O) groups excluding carboxylic acids is 1. The van der Waals surface area contributed by atoms with E-state index in [1.807, 2.05) is 32.0 Å². The molecule has 2 aromatic carbocycles. The Labute approximate surface area is 140 Å². The van der Waals surface area contributed by atoms with Gasteiger partial charge in [0.05, 0.1) is 5.69 Å². The minimum absolute atomic E-state index is 0. The molecule has 0 saturated carbocycles. The van der Waals surface area contributed by atoms with Crippen LogP contribution < -0.4 is 10.2 Å². The third-order valence-corrected chi connectivity index (χ3v) is 3.53. The molecule has 0 fully saturated rings. The van der Waals surface area contributed by atoms with Crippen LogP contribution in [0.25, 0.3) is 0 Å². The van der Waals surface area contributed by atoms with E-state index in [1.54, 1.807) is 17.0 Å². The van der Waals surface area contributed by atoms with E-state index in [9.17, 15) is 9.18 Å². The van der Waals surface area contributed by atoms with Gasteiger partial charge in [-0.15, -0.1) is 12.4 Å². The standard InChI is InChI=1S/C17H16FN3O.ClH/c1-11-3-4-12(2)15(9-11)21-16(22)10-19-17(21)20-14-7-5-13(18)6-8-14;/h3-9H,10H2,1-2H3,(H,19,20);1H. The highest BCUT2D eigenvalue weighted by atomic mass is 35.5. The van der Waals surface area contributed by atoms with Crippen LogP contribution in [0.1, 0.15) is 11.1 Å². The summed E-state index contributed by atoms with van der Waals surface area (Å²) in [6.45, 7) is 4.04. The number of halogens is 2. The summed E-state index contributed by atoms with van der Waals surface area (Å²) >= 11 is 0. The van der Waals surface area contributed by atoms with Crippen molar-refractivity contribution in [3.05, 3.63) is 59.4 Å². The maximum absolute atomic E-state index is 13.0. The molecular weight excluding hydrogens is 317 g/mol. The highest BCUT2D eigenvalue weighted by Crippen LogP contribution is 2.25. The zero-order chi connectivity index (χ0) is 15.7. The van der Waals surface area contributed by atoms with Gasteiger partial charge in [0, 0.05) is 5.69 Å². The van der Waals surface area contributed by atoms with Gasteiger partial charge in [-0.25, -0.2) is 14.3 Å². The average Bonchev–Trinajstić information content (AvgIpc) is 2.85. The Morgan fingerprint density at radius 3 is 2.52 bits per heavy atom. The second-order valence-electron chi connectivity index (χ2n) is 5.29. The summed E-state index contributed by atoms with van der Waals surface area (Å²) in [4.78, 5) is 18.0. The molecule has 1 heterocycles. The molecule has 0 atom stereocenters. The van der Waals surface area contributed by atoms with Gasteiger partial charge in [-0.1, -0.05) is 12.1 Å². The number of carbonyl (C=O) groups is 1. The van der Waals surface area contributed by atoms with Crippen molar-refractivity contribution in [2.45, 2.75) is 13.8 Å². The van der Waals surface area contributed by atoms with Crippen molar-refractivity contribution in [3.8, 4) is 0 Å². The van der Waals surface area contributed by atoms with Crippen molar-refractivity contribution in [1.82, 2.24) is 0 Å². The van der Waals surface area contributed by atoms with Crippen LogP contribution in [0.2, 0.25) is 0 Å². The van der Waals surface area contributed by atoms with Crippen molar-refractivity contribution >= 4 is 35.6 Å². The quantitative estimate of drug-likeness (QED) is 0.911. The summed E-state index contributed by atoms with van der Waals surface area (Å²) in [6.07, 6.45) is 0. The van der Waals surface area contributed by atoms with Crippen molar-refractivity contribution in [3.63, 3.8) is 0 Å². The third kappa shape index (κ3) is 3.51. The number of hydrogen-bond donors (Lipinski definition) is 1. The molecule has 120 valence electrons. The molecule has 1 aliphatic heterocycles. The van der Waals surface area contributed by atoms with Crippen LogP contribution in [0.4, 0.5) is 15.8 Å². The third-order valence-electron chi connectivity index (χ3n) is 3.53. The molecule has 1 aliphatic rings. The lowest BCUT2D eigenvalue weighted by molar-refractivity contribution is -0.115. The minimum Gasteiger partial charge on any atom is -0.326 e. The second-order valence-corrected chi connectivity index (χ2v) is 5.29. The predicted octanol–water partition coefficient (Wildman–Crippen LogP) is 3.68. The van der Waals surface area contributed by atoms with E-state index in [0.29, 0.717) is 11.6 Å². The number of amides is 1. The zero-order valence-corrected chi connectivity index (χ0v) is 13.7. The SMILES string of the molecule is Cc1ccc(C)c(N2C(=O)CN=C2Nc2ccc(F)cc2)c1.Cl. The number of aliphatic imine (C=N–C) groups is 1. The first-order valence-corrected chi connectivity index (χ1v) is 7.02. The van der Waals surface area contributed by atoms with Crippen LogP contribution in [0.15, 0.2) is 47.5 Å². The van der Waals surface area contributed by atoms with E-state index in [-0.39, 0.29) is 30.7 Å². The molecule has 6 heteroatoms. The van der Waals surface area contributed by atoms with E-state index in [0.717, 1.165) is 16.8 Å². The van der Waals surface area contributed by atoms with Crippen molar-refractivity contribution < 1.29 is 9.18 Å². The summed E-state index contributed by atoms with van der Waals surface area (Å²) in [5, 5.41) is 3.08. The lowest BCUT2D eigenvalue weighted by Gasteiger charge is -2.22. The monoisotopic (exact) mass is 333 g/mol. The Hall–Kier alpha value is -2.40. The predicted molar refractivity (Wildman–Crippen MR) is 93.0 cm³/mol. The Morgan fingerprint density at radius 2 is 1.83 bits per heavy atom. The van der Waals surface area contributed by atoms with E-state index >= 15 is 0 Å². The van der Waals surface area contributed by atoms with Gasteiger partial charge in [-0.05, 0) is 55.3 Å². The zero-order valence-electron chi connectivity index (χ0n) is 12.8. The van der Waals surface area contributed by atoms with Crippen LogP contribution in [-0.2, 0) is 4.79 Å². The first-order valence-electron chi connectivity index (χ1n) is 7.02. The molecule has 3 rings (SSSR count). The largest absolute Gasteiger partial charge is 0.326 e. The summed E-state index contributed by atoms with van der Waals surface area (Å²) in [5.74, 6) is 0.0741. The molecule has 0 spiro atoms. The summed E-state index contributed by atoms with van der Waals surface area (Å²) in [6, 6.07) is 11.9. The number of benzene rings is 2. The fourth-order valence-electron chi connectivity index (χ4n) is 2.37. The first kappa shape index (κ1) is 17.0. The van der Waals surface area contributed by atoms with Gasteiger partial charge in [0.15, 0.2) is 0 Å². The number of nitrogens with zero attached hydrogens (tertiary/aromatic N) is 2. The average molecular weight is 334 g/mol. The van der Waals surface area contributed by atoms with Crippen LogP contribution in [0.3, 0.4) is 0 Å². The maximum Gasteiger partial charge on any atom is 0.255 e. The molecule has 0 aromatic heterocycles. The molecule has 4 nitrogen and oxygen atoms in total. The van der Waals surface area contributed by atoms with Gasteiger partial charge in [-0.2, -0.15) is 0 Å². The summed E-state index contributed by atoms with van der Waals surface area (Å²) < 4.78 is 13.0. The normalized spacial score (nSPS) is 13.6. The lowest BCUT2D eigenvalue weighted by atomic mass is 10.1. The smallest absolute Gasteiger partial charge is 0.255 e. The highest BCUT2D eigenvalue weighted by molar-refractivity contribution is 6.25. The molecule has 23 heavy (non-hydrogen) atoms. The molecule has 0 unspecified atom stereocenters. The van der Waals surface area contributed by atoms with Gasteiger partial charge < -0.3 is 5.32 Å². The van der Waals surface area contributed by atoms with Crippen LogP contribution in [0.5, 0.6) is 0 Å². The highest BCUT2D eigenvalue weighted by Gasteiger charge is 2.28. The fraction of sp³-hybridized carbons (Fsp3) is 0.176. The molecule has 0 radical (unpaired) electrons. The summed E-state index contributed by atoms with van der Waals surface area (Å²) in [7, 11) is 0. The molecule has 2 aromatic rings. The first-order chi connectivity index (χ1) is 10.5. The van der Waals surface area contributed by atoms with Gasteiger partial charge in [-0.3, -0.25) is 4.79 Å². The van der Waals surface area contributed by atoms with E-state index in [4.69, 9.17) is 0 Å². The Morgan fingerprint density at radius 1 is 1.13 bits per heavy atom.